The van der Waals surface area contributed by atoms with Crippen LogP contribution in [0, 0.1) is 13.8 Å². The Labute approximate surface area is 123 Å². The Bertz CT molecular complexity index is 381. The highest BCUT2D eigenvalue weighted by Crippen LogP contribution is 2.26. The van der Waals surface area contributed by atoms with E-state index in [1.165, 1.54) is 16.7 Å². The molecule has 0 aliphatic heterocycles. The van der Waals surface area contributed by atoms with E-state index in [1.807, 2.05) is 0 Å². The van der Waals surface area contributed by atoms with E-state index in [-0.39, 0.29) is 6.10 Å². The van der Waals surface area contributed by atoms with Gasteiger partial charge in [-0.1, -0.05) is 19.1 Å². The molecule has 3 nitrogen and oxygen atoms in total. The van der Waals surface area contributed by atoms with Crippen molar-refractivity contribution in [2.75, 3.05) is 20.3 Å². The molecule has 20 heavy (non-hydrogen) atoms. The fourth-order valence-electron chi connectivity index (χ4n) is 2.28. The number of benzene rings is 1. The Morgan fingerprint density at radius 2 is 1.85 bits per heavy atom. The van der Waals surface area contributed by atoms with E-state index >= 15 is 0 Å². The molecule has 1 rings (SSSR count). The van der Waals surface area contributed by atoms with Crippen molar-refractivity contribution in [3.63, 3.8) is 0 Å². The summed E-state index contributed by atoms with van der Waals surface area (Å²) in [5.74, 6) is 1.02. The van der Waals surface area contributed by atoms with E-state index in [0.717, 1.165) is 38.3 Å². The summed E-state index contributed by atoms with van der Waals surface area (Å²) >= 11 is 0. The van der Waals surface area contributed by atoms with Crippen LogP contribution in [0.25, 0.3) is 0 Å². The molecule has 0 radical (unpaired) electrons. The Hall–Kier alpha value is -1.06. The predicted molar refractivity (Wildman–Crippen MR) is 84.5 cm³/mol. The molecule has 0 aliphatic rings. The smallest absolute Gasteiger partial charge is 0.125 e. The molecular formula is C17H29NO2. The molecule has 1 aromatic carbocycles. The Morgan fingerprint density at radius 3 is 2.40 bits per heavy atom. The van der Waals surface area contributed by atoms with Gasteiger partial charge in [0.2, 0.25) is 0 Å². The van der Waals surface area contributed by atoms with Crippen LogP contribution in [-0.2, 0) is 11.3 Å². The van der Waals surface area contributed by atoms with Crippen molar-refractivity contribution in [1.82, 2.24) is 5.32 Å². The van der Waals surface area contributed by atoms with Gasteiger partial charge < -0.3 is 14.8 Å². The van der Waals surface area contributed by atoms with Gasteiger partial charge >= 0.3 is 0 Å². The number of ether oxygens (including phenoxy) is 2. The van der Waals surface area contributed by atoms with Crippen molar-refractivity contribution in [2.45, 2.75) is 53.2 Å². The minimum absolute atomic E-state index is 0.177. The van der Waals surface area contributed by atoms with Crippen molar-refractivity contribution in [3.8, 4) is 5.75 Å². The lowest BCUT2D eigenvalue weighted by Crippen LogP contribution is -2.16. The average molecular weight is 279 g/mol. The van der Waals surface area contributed by atoms with Gasteiger partial charge in [0.15, 0.2) is 0 Å². The zero-order chi connectivity index (χ0) is 15.0. The summed E-state index contributed by atoms with van der Waals surface area (Å²) in [4.78, 5) is 0. The van der Waals surface area contributed by atoms with Crippen molar-refractivity contribution >= 4 is 0 Å². The Morgan fingerprint density at radius 1 is 1.20 bits per heavy atom. The molecule has 1 N–H and O–H groups in total. The van der Waals surface area contributed by atoms with Gasteiger partial charge in [-0.3, -0.25) is 0 Å². The fraction of sp³-hybridized carbons (Fsp3) is 0.647. The first-order chi connectivity index (χ1) is 9.58. The number of methoxy groups -OCH3 is 1. The van der Waals surface area contributed by atoms with Crippen LogP contribution in [0.4, 0.5) is 0 Å². The molecule has 0 fully saturated rings. The van der Waals surface area contributed by atoms with Crippen molar-refractivity contribution in [3.05, 3.63) is 28.8 Å². The number of hydrogen-bond donors (Lipinski definition) is 1. The molecule has 0 bridgehead atoms. The summed E-state index contributed by atoms with van der Waals surface area (Å²) in [5, 5.41) is 3.44. The lowest BCUT2D eigenvalue weighted by atomic mass is 10.1. The zero-order valence-corrected chi connectivity index (χ0v) is 13.6. The third-order valence-electron chi connectivity index (χ3n) is 3.32. The molecule has 1 atom stereocenters. The highest BCUT2D eigenvalue weighted by molar-refractivity contribution is 5.43. The quantitative estimate of drug-likeness (QED) is 0.701. The van der Waals surface area contributed by atoms with Gasteiger partial charge in [0.1, 0.15) is 5.75 Å². The van der Waals surface area contributed by atoms with E-state index in [2.05, 4.69) is 45.1 Å². The molecular weight excluding hydrogens is 250 g/mol. The Kier molecular flexibility index (Phi) is 7.63. The van der Waals surface area contributed by atoms with Crippen LogP contribution in [0.3, 0.4) is 0 Å². The van der Waals surface area contributed by atoms with Crippen LogP contribution >= 0.6 is 0 Å². The summed E-state index contributed by atoms with van der Waals surface area (Å²) in [7, 11) is 1.72. The predicted octanol–water partition coefficient (Wildman–Crippen LogP) is 3.61. The molecule has 1 aromatic rings. The molecule has 114 valence electrons. The second kappa shape index (κ2) is 8.98. The minimum Gasteiger partial charge on any atom is -0.490 e. The van der Waals surface area contributed by atoms with Gasteiger partial charge in [-0.15, -0.1) is 0 Å². The summed E-state index contributed by atoms with van der Waals surface area (Å²) in [6, 6.07) is 4.43. The van der Waals surface area contributed by atoms with Crippen LogP contribution in [0.1, 0.15) is 43.4 Å². The molecule has 0 amide bonds. The van der Waals surface area contributed by atoms with Crippen molar-refractivity contribution in [2.24, 2.45) is 0 Å². The maximum atomic E-state index is 6.06. The van der Waals surface area contributed by atoms with Crippen LogP contribution in [0.15, 0.2) is 12.1 Å². The lowest BCUT2D eigenvalue weighted by Gasteiger charge is -2.19. The maximum absolute atomic E-state index is 6.06. The molecule has 0 aliphatic carbocycles. The zero-order valence-electron chi connectivity index (χ0n) is 13.6. The van der Waals surface area contributed by atoms with Crippen LogP contribution in [0.5, 0.6) is 5.75 Å². The molecule has 1 unspecified atom stereocenters. The van der Waals surface area contributed by atoms with E-state index in [1.54, 1.807) is 7.11 Å². The molecule has 3 heteroatoms. The topological polar surface area (TPSA) is 30.5 Å². The molecule has 0 spiro atoms. The average Bonchev–Trinajstić information content (AvgIpc) is 2.41. The normalized spacial score (nSPS) is 12.4. The van der Waals surface area contributed by atoms with Crippen LogP contribution in [0.2, 0.25) is 0 Å². The largest absolute Gasteiger partial charge is 0.490 e. The number of nitrogens with one attached hydrogen (secondary N) is 1. The third kappa shape index (κ3) is 5.51. The van der Waals surface area contributed by atoms with E-state index in [4.69, 9.17) is 9.47 Å². The highest BCUT2D eigenvalue weighted by atomic mass is 16.5. The monoisotopic (exact) mass is 279 g/mol. The SMILES string of the molecule is CCCNCc1cc(C)c(OC(C)CCOC)c(C)c1. The van der Waals surface area contributed by atoms with Crippen LogP contribution in [-0.4, -0.2) is 26.4 Å². The summed E-state index contributed by atoms with van der Waals surface area (Å²) < 4.78 is 11.2. The molecule has 0 saturated carbocycles. The van der Waals surface area contributed by atoms with Gasteiger partial charge in [-0.25, -0.2) is 0 Å². The highest BCUT2D eigenvalue weighted by Gasteiger charge is 2.10. The minimum atomic E-state index is 0.177. The maximum Gasteiger partial charge on any atom is 0.125 e. The van der Waals surface area contributed by atoms with Gasteiger partial charge in [0.05, 0.1) is 6.10 Å². The van der Waals surface area contributed by atoms with Gasteiger partial charge in [0, 0.05) is 26.7 Å². The summed E-state index contributed by atoms with van der Waals surface area (Å²) in [5.41, 5.74) is 3.75. The lowest BCUT2D eigenvalue weighted by molar-refractivity contribution is 0.134. The third-order valence-corrected chi connectivity index (χ3v) is 3.32. The second-order valence-electron chi connectivity index (χ2n) is 5.45. The Balaban J connectivity index is 2.68. The van der Waals surface area contributed by atoms with Crippen LogP contribution < -0.4 is 10.1 Å². The van der Waals surface area contributed by atoms with E-state index in [9.17, 15) is 0 Å². The fourth-order valence-corrected chi connectivity index (χ4v) is 2.28. The molecule has 0 heterocycles. The van der Waals surface area contributed by atoms with E-state index in [0.29, 0.717) is 0 Å². The summed E-state index contributed by atoms with van der Waals surface area (Å²) in [6.45, 7) is 11.2. The number of aryl methyl sites for hydroxylation is 2. The van der Waals surface area contributed by atoms with Gasteiger partial charge in [-0.2, -0.15) is 0 Å². The first kappa shape index (κ1) is 17.0. The van der Waals surface area contributed by atoms with Crippen molar-refractivity contribution < 1.29 is 9.47 Å². The first-order valence-electron chi connectivity index (χ1n) is 7.54. The van der Waals surface area contributed by atoms with E-state index < -0.39 is 0 Å². The first-order valence-corrected chi connectivity index (χ1v) is 7.54. The summed E-state index contributed by atoms with van der Waals surface area (Å²) in [6.07, 6.45) is 2.25. The standard InChI is InChI=1S/C17H29NO2/c1-6-8-18-12-16-10-13(2)17(14(3)11-16)20-15(4)7-9-19-5/h10-11,15,18H,6-9,12H2,1-5H3. The second-order valence-corrected chi connectivity index (χ2v) is 5.45. The molecule has 0 saturated heterocycles. The molecule has 0 aromatic heterocycles. The van der Waals surface area contributed by atoms with Gasteiger partial charge in [0.25, 0.3) is 0 Å². The number of rotatable bonds is 9. The number of hydrogen-bond acceptors (Lipinski definition) is 3. The van der Waals surface area contributed by atoms with Crippen molar-refractivity contribution in [1.29, 1.82) is 0 Å². The van der Waals surface area contributed by atoms with Gasteiger partial charge in [-0.05, 0) is 50.4 Å².